The molecule has 1 rings (SSSR count). The van der Waals surface area contributed by atoms with Crippen molar-refractivity contribution in [2.24, 2.45) is 5.92 Å². The van der Waals surface area contributed by atoms with Crippen LogP contribution in [0.3, 0.4) is 0 Å². The van der Waals surface area contributed by atoms with E-state index in [1.165, 1.54) is 0 Å². The lowest BCUT2D eigenvalue weighted by molar-refractivity contribution is -0.148. The second kappa shape index (κ2) is 9.55. The quantitative estimate of drug-likeness (QED) is 0.750. The first-order chi connectivity index (χ1) is 10.5. The molecule has 2 N–H and O–H groups in total. The molecule has 0 unspecified atom stereocenters. The van der Waals surface area contributed by atoms with Gasteiger partial charge in [0.2, 0.25) is 0 Å². The highest BCUT2D eigenvalue weighted by Gasteiger charge is 2.11. The van der Waals surface area contributed by atoms with Crippen molar-refractivity contribution in [3.05, 3.63) is 35.9 Å². The molecule has 120 valence electrons. The first-order valence-electron chi connectivity index (χ1n) is 7.24. The van der Waals surface area contributed by atoms with Crippen molar-refractivity contribution < 1.29 is 19.1 Å². The Morgan fingerprint density at radius 2 is 1.82 bits per heavy atom. The van der Waals surface area contributed by atoms with Gasteiger partial charge in [-0.05, 0) is 17.9 Å². The van der Waals surface area contributed by atoms with Gasteiger partial charge in [0.15, 0.2) is 6.61 Å². The van der Waals surface area contributed by atoms with Crippen molar-refractivity contribution in [2.75, 3.05) is 13.2 Å². The van der Waals surface area contributed by atoms with E-state index in [0.717, 1.165) is 5.56 Å². The van der Waals surface area contributed by atoms with Crippen molar-refractivity contribution in [3.8, 4) is 0 Å². The van der Waals surface area contributed by atoms with Crippen molar-refractivity contribution >= 4 is 17.9 Å². The number of imide groups is 1. The normalized spacial score (nSPS) is 10.1. The molecule has 1 aromatic carbocycles. The van der Waals surface area contributed by atoms with E-state index in [1.807, 2.05) is 44.2 Å². The van der Waals surface area contributed by atoms with Crippen LogP contribution in [0.2, 0.25) is 0 Å². The standard InChI is InChI=1S/C16H22N2O4/c1-12(2)10-17-16(21)18-14(19)11-22-15(20)9-8-13-6-4-3-5-7-13/h3-7,12H,8-11H2,1-2H3,(H2,17,18,19,21). The zero-order valence-electron chi connectivity index (χ0n) is 12.9. The van der Waals surface area contributed by atoms with Gasteiger partial charge in [-0.25, -0.2) is 4.79 Å². The first kappa shape index (κ1) is 17.7. The van der Waals surface area contributed by atoms with Gasteiger partial charge in [-0.15, -0.1) is 0 Å². The Bertz CT molecular complexity index is 500. The number of hydrogen-bond acceptors (Lipinski definition) is 4. The minimum Gasteiger partial charge on any atom is -0.456 e. The molecular formula is C16H22N2O4. The molecule has 0 heterocycles. The Morgan fingerprint density at radius 3 is 2.45 bits per heavy atom. The average Bonchev–Trinajstić information content (AvgIpc) is 2.50. The lowest BCUT2D eigenvalue weighted by atomic mass is 10.1. The fourth-order valence-corrected chi connectivity index (χ4v) is 1.61. The van der Waals surface area contributed by atoms with Crippen LogP contribution in [0.5, 0.6) is 0 Å². The van der Waals surface area contributed by atoms with Gasteiger partial charge in [-0.3, -0.25) is 14.9 Å². The summed E-state index contributed by atoms with van der Waals surface area (Å²) in [6.45, 7) is 3.89. The molecule has 0 aliphatic rings. The van der Waals surface area contributed by atoms with Crippen LogP contribution in [0, 0.1) is 5.92 Å². The number of carbonyl (C=O) groups is 3. The van der Waals surface area contributed by atoms with Gasteiger partial charge >= 0.3 is 12.0 Å². The second-order valence-electron chi connectivity index (χ2n) is 5.30. The van der Waals surface area contributed by atoms with Crippen LogP contribution in [-0.4, -0.2) is 31.1 Å². The smallest absolute Gasteiger partial charge is 0.321 e. The number of aryl methyl sites for hydroxylation is 1. The molecule has 0 spiro atoms. The maximum Gasteiger partial charge on any atom is 0.321 e. The maximum atomic E-state index is 11.5. The van der Waals surface area contributed by atoms with Crippen LogP contribution < -0.4 is 10.6 Å². The maximum absolute atomic E-state index is 11.5. The van der Waals surface area contributed by atoms with Gasteiger partial charge in [0, 0.05) is 13.0 Å². The zero-order chi connectivity index (χ0) is 16.4. The number of carbonyl (C=O) groups excluding carboxylic acids is 3. The Kier molecular flexibility index (Phi) is 7.67. The molecule has 3 amide bonds. The number of esters is 1. The molecule has 0 bridgehead atoms. The molecule has 1 aromatic rings. The van der Waals surface area contributed by atoms with E-state index in [4.69, 9.17) is 4.74 Å². The lowest BCUT2D eigenvalue weighted by Gasteiger charge is -2.09. The number of amides is 3. The van der Waals surface area contributed by atoms with Crippen LogP contribution in [0.25, 0.3) is 0 Å². The molecule has 0 saturated carbocycles. The highest BCUT2D eigenvalue weighted by Crippen LogP contribution is 2.03. The molecule has 0 aromatic heterocycles. The van der Waals surface area contributed by atoms with Crippen molar-refractivity contribution in [3.63, 3.8) is 0 Å². The van der Waals surface area contributed by atoms with E-state index in [1.54, 1.807) is 0 Å². The van der Waals surface area contributed by atoms with Gasteiger partial charge in [0.25, 0.3) is 5.91 Å². The fourth-order valence-electron chi connectivity index (χ4n) is 1.61. The Hall–Kier alpha value is -2.37. The van der Waals surface area contributed by atoms with E-state index in [0.29, 0.717) is 13.0 Å². The summed E-state index contributed by atoms with van der Waals surface area (Å²) in [4.78, 5) is 34.3. The highest BCUT2D eigenvalue weighted by molar-refractivity contribution is 5.95. The minimum atomic E-state index is -0.644. The van der Waals surface area contributed by atoms with Crippen LogP contribution in [0.1, 0.15) is 25.8 Å². The molecule has 0 atom stereocenters. The van der Waals surface area contributed by atoms with Gasteiger partial charge in [-0.1, -0.05) is 44.2 Å². The highest BCUT2D eigenvalue weighted by atomic mass is 16.5. The van der Waals surface area contributed by atoms with Crippen molar-refractivity contribution in [1.82, 2.24) is 10.6 Å². The molecule has 0 saturated heterocycles. The fraction of sp³-hybridized carbons (Fsp3) is 0.438. The Labute approximate surface area is 130 Å². The molecule has 0 aliphatic heterocycles. The molecule has 0 radical (unpaired) electrons. The van der Waals surface area contributed by atoms with Crippen LogP contribution >= 0.6 is 0 Å². The van der Waals surface area contributed by atoms with E-state index >= 15 is 0 Å². The predicted octanol–water partition coefficient (Wildman–Crippen LogP) is 1.64. The van der Waals surface area contributed by atoms with Gasteiger partial charge in [0.05, 0.1) is 0 Å². The summed E-state index contributed by atoms with van der Waals surface area (Å²) >= 11 is 0. The predicted molar refractivity (Wildman–Crippen MR) is 82.1 cm³/mol. The molecule has 0 aliphatic carbocycles. The van der Waals surface area contributed by atoms with Crippen LogP contribution in [-0.2, 0) is 20.7 Å². The topological polar surface area (TPSA) is 84.5 Å². The van der Waals surface area contributed by atoms with E-state index in [2.05, 4.69) is 10.6 Å². The van der Waals surface area contributed by atoms with Gasteiger partial charge < -0.3 is 10.1 Å². The summed E-state index contributed by atoms with van der Waals surface area (Å²) in [5, 5.41) is 4.63. The monoisotopic (exact) mass is 306 g/mol. The average molecular weight is 306 g/mol. The third-order valence-corrected chi connectivity index (χ3v) is 2.75. The van der Waals surface area contributed by atoms with Crippen LogP contribution in [0.15, 0.2) is 30.3 Å². The SMILES string of the molecule is CC(C)CNC(=O)NC(=O)COC(=O)CCc1ccccc1. The van der Waals surface area contributed by atoms with E-state index < -0.39 is 24.5 Å². The summed E-state index contributed by atoms with van der Waals surface area (Å²) in [5.74, 6) is -0.826. The summed E-state index contributed by atoms with van der Waals surface area (Å²) in [6.07, 6.45) is 0.743. The van der Waals surface area contributed by atoms with Gasteiger partial charge in [0.1, 0.15) is 0 Å². The number of ether oxygens (including phenoxy) is 1. The number of nitrogens with one attached hydrogen (secondary N) is 2. The Morgan fingerprint density at radius 1 is 1.14 bits per heavy atom. The van der Waals surface area contributed by atoms with E-state index in [-0.39, 0.29) is 12.3 Å². The van der Waals surface area contributed by atoms with Gasteiger partial charge in [-0.2, -0.15) is 0 Å². The molecule has 6 heteroatoms. The minimum absolute atomic E-state index is 0.191. The number of rotatable bonds is 7. The van der Waals surface area contributed by atoms with E-state index in [9.17, 15) is 14.4 Å². The zero-order valence-corrected chi connectivity index (χ0v) is 12.9. The molecular weight excluding hydrogens is 284 g/mol. The summed E-state index contributed by atoms with van der Waals surface area (Å²) in [7, 11) is 0. The van der Waals surface area contributed by atoms with Crippen molar-refractivity contribution in [2.45, 2.75) is 26.7 Å². The third-order valence-electron chi connectivity index (χ3n) is 2.75. The Balaban J connectivity index is 2.17. The molecule has 6 nitrogen and oxygen atoms in total. The molecule has 0 fully saturated rings. The summed E-state index contributed by atoms with van der Waals surface area (Å²) in [6, 6.07) is 8.93. The summed E-state index contributed by atoms with van der Waals surface area (Å²) in [5.41, 5.74) is 1.02. The van der Waals surface area contributed by atoms with Crippen molar-refractivity contribution in [1.29, 1.82) is 0 Å². The molecule has 22 heavy (non-hydrogen) atoms. The first-order valence-corrected chi connectivity index (χ1v) is 7.24. The number of urea groups is 1. The lowest BCUT2D eigenvalue weighted by Crippen LogP contribution is -2.42. The number of benzene rings is 1. The second-order valence-corrected chi connectivity index (χ2v) is 5.30. The largest absolute Gasteiger partial charge is 0.456 e. The number of hydrogen-bond donors (Lipinski definition) is 2. The summed E-state index contributed by atoms with van der Waals surface area (Å²) < 4.78 is 4.82. The third kappa shape index (κ3) is 8.04. The van der Waals surface area contributed by atoms with Crippen LogP contribution in [0.4, 0.5) is 4.79 Å².